The van der Waals surface area contributed by atoms with Gasteiger partial charge in [0, 0.05) is 11.8 Å². The molecule has 36 heavy (non-hydrogen) atoms. The number of fused-ring (bicyclic) bond motifs is 2. The topological polar surface area (TPSA) is 110 Å². The van der Waals surface area contributed by atoms with Crippen LogP contribution < -0.4 is 0 Å². The molecule has 0 aromatic heterocycles. The minimum absolute atomic E-state index is 0.0196. The first-order chi connectivity index (χ1) is 17.1. The van der Waals surface area contributed by atoms with Gasteiger partial charge in [-0.3, -0.25) is 14.4 Å². The smallest absolute Gasteiger partial charge is 0.320 e. The molecular formula is C29H34O7. The summed E-state index contributed by atoms with van der Waals surface area (Å²) in [6.07, 6.45) is 0.451. The van der Waals surface area contributed by atoms with E-state index in [1.54, 1.807) is 50.2 Å². The van der Waals surface area contributed by atoms with E-state index < -0.39 is 46.3 Å². The van der Waals surface area contributed by atoms with Crippen molar-refractivity contribution >= 4 is 17.7 Å². The molecule has 4 rings (SSSR count). The van der Waals surface area contributed by atoms with E-state index >= 15 is 0 Å². The van der Waals surface area contributed by atoms with Crippen LogP contribution in [0.5, 0.6) is 11.5 Å². The van der Waals surface area contributed by atoms with Gasteiger partial charge in [0.2, 0.25) is 0 Å². The fraction of sp³-hybridized carbons (Fsp3) is 0.483. The van der Waals surface area contributed by atoms with Crippen LogP contribution >= 0.6 is 0 Å². The molecule has 2 aromatic rings. The molecule has 2 saturated carbocycles. The number of carbonyl (C=O) groups excluding carboxylic acids is 3. The minimum Gasteiger partial charge on any atom is -0.508 e. The highest BCUT2D eigenvalue weighted by molar-refractivity contribution is 6.17. The maximum absolute atomic E-state index is 14.8. The molecule has 4 unspecified atom stereocenters. The van der Waals surface area contributed by atoms with Gasteiger partial charge >= 0.3 is 11.9 Å². The fourth-order valence-corrected chi connectivity index (χ4v) is 7.12. The Morgan fingerprint density at radius 1 is 0.833 bits per heavy atom. The zero-order valence-corrected chi connectivity index (χ0v) is 21.2. The van der Waals surface area contributed by atoms with Crippen LogP contribution in [0.3, 0.4) is 0 Å². The third-order valence-corrected chi connectivity index (χ3v) is 8.00. The zero-order valence-electron chi connectivity index (χ0n) is 21.2. The van der Waals surface area contributed by atoms with Crippen molar-refractivity contribution in [3.05, 3.63) is 59.7 Å². The molecule has 2 aliphatic carbocycles. The molecule has 192 valence electrons. The third-order valence-electron chi connectivity index (χ3n) is 8.00. The van der Waals surface area contributed by atoms with E-state index in [1.807, 2.05) is 13.8 Å². The van der Waals surface area contributed by atoms with Gasteiger partial charge < -0.3 is 19.7 Å². The summed E-state index contributed by atoms with van der Waals surface area (Å²) in [5.74, 6) is -3.70. The normalized spacial score (nSPS) is 31.5. The molecule has 2 aromatic carbocycles. The second kappa shape index (κ2) is 9.60. The molecule has 0 aliphatic heterocycles. The van der Waals surface area contributed by atoms with Gasteiger partial charge in [-0.15, -0.1) is 0 Å². The minimum atomic E-state index is -1.62. The van der Waals surface area contributed by atoms with E-state index in [0.717, 1.165) is 0 Å². The van der Waals surface area contributed by atoms with Crippen molar-refractivity contribution in [3.63, 3.8) is 0 Å². The Morgan fingerprint density at radius 2 is 1.25 bits per heavy atom. The van der Waals surface area contributed by atoms with Crippen molar-refractivity contribution in [2.75, 3.05) is 13.2 Å². The molecular weight excluding hydrogens is 460 g/mol. The molecule has 0 saturated heterocycles. The number of aromatic hydroxyl groups is 2. The largest absolute Gasteiger partial charge is 0.508 e. The molecule has 2 fully saturated rings. The average molecular weight is 495 g/mol. The van der Waals surface area contributed by atoms with Crippen molar-refractivity contribution in [2.24, 2.45) is 22.7 Å². The van der Waals surface area contributed by atoms with Gasteiger partial charge in [0.25, 0.3) is 0 Å². The first-order valence-electron chi connectivity index (χ1n) is 12.6. The number of hydrogen-bond donors (Lipinski definition) is 2. The van der Waals surface area contributed by atoms with Crippen molar-refractivity contribution in [1.82, 2.24) is 0 Å². The predicted molar refractivity (Wildman–Crippen MR) is 132 cm³/mol. The number of ketones is 1. The maximum Gasteiger partial charge on any atom is 0.320 e. The van der Waals surface area contributed by atoms with Gasteiger partial charge in [0.1, 0.15) is 22.3 Å². The van der Waals surface area contributed by atoms with Crippen molar-refractivity contribution in [1.29, 1.82) is 0 Å². The van der Waals surface area contributed by atoms with E-state index in [4.69, 9.17) is 9.47 Å². The van der Waals surface area contributed by atoms with Crippen LogP contribution in [0.2, 0.25) is 0 Å². The Bertz CT molecular complexity index is 1090. The van der Waals surface area contributed by atoms with Crippen molar-refractivity contribution in [2.45, 2.75) is 52.4 Å². The predicted octanol–water partition coefficient (Wildman–Crippen LogP) is 4.71. The van der Waals surface area contributed by atoms with E-state index in [1.165, 1.54) is 12.1 Å². The highest BCUT2D eigenvalue weighted by atomic mass is 16.5. The molecule has 4 atom stereocenters. The quantitative estimate of drug-likeness (QED) is 0.442. The summed E-state index contributed by atoms with van der Waals surface area (Å²) < 4.78 is 11.1. The number of phenolic OH excluding ortho intramolecular Hbond substituents is 2. The van der Waals surface area contributed by atoms with Crippen LogP contribution in [0.4, 0.5) is 0 Å². The molecule has 0 amide bonds. The molecule has 2 N–H and O–H groups in total. The number of carbonyl (C=O) groups is 3. The monoisotopic (exact) mass is 494 g/mol. The lowest BCUT2D eigenvalue weighted by Gasteiger charge is -2.59. The fourth-order valence-electron chi connectivity index (χ4n) is 7.12. The summed E-state index contributed by atoms with van der Waals surface area (Å²) in [4.78, 5) is 42.4. The van der Waals surface area contributed by atoms with Crippen molar-refractivity contribution in [3.8, 4) is 11.5 Å². The Hall–Kier alpha value is -3.35. The van der Waals surface area contributed by atoms with Gasteiger partial charge in [0.05, 0.1) is 13.2 Å². The van der Waals surface area contributed by atoms with E-state index in [-0.39, 0.29) is 43.5 Å². The summed E-state index contributed by atoms with van der Waals surface area (Å²) in [5, 5.41) is 20.6. The van der Waals surface area contributed by atoms with Crippen LogP contribution in [-0.2, 0) is 23.9 Å². The second-order valence-electron chi connectivity index (χ2n) is 10.2. The lowest BCUT2D eigenvalue weighted by atomic mass is 9.40. The van der Waals surface area contributed by atoms with Gasteiger partial charge in [0.15, 0.2) is 5.78 Å². The van der Waals surface area contributed by atoms with Crippen LogP contribution in [0.15, 0.2) is 48.5 Å². The van der Waals surface area contributed by atoms with Crippen LogP contribution in [-0.4, -0.2) is 41.1 Å². The van der Waals surface area contributed by atoms with Crippen LogP contribution in [0.1, 0.15) is 63.5 Å². The second-order valence-corrected chi connectivity index (χ2v) is 10.2. The number of Topliss-reactive ketones (excluding diaryl/α,β-unsaturated/α-hetero) is 1. The third kappa shape index (κ3) is 3.76. The number of rotatable bonds is 6. The van der Waals surface area contributed by atoms with E-state index in [9.17, 15) is 24.6 Å². The SMILES string of the molecule is CCOC(=O)C12CC(C)CC(C(=O)OCC)(C1=O)C(c1cccc(O)c1)C(C)C2c1cccc(O)c1. The van der Waals surface area contributed by atoms with Gasteiger partial charge in [-0.2, -0.15) is 0 Å². The molecule has 2 aliphatic rings. The van der Waals surface area contributed by atoms with Gasteiger partial charge in [-0.05, 0) is 73.9 Å². The number of ether oxygens (including phenoxy) is 2. The molecule has 7 nitrogen and oxygen atoms in total. The standard InChI is InChI=1S/C29H34O7/c1-5-35-26(33)28-15-17(3)16-29(25(28)32,27(34)36-6-2)24(20-10-8-12-22(31)14-20)18(4)23(28)19-9-7-11-21(30)13-19/h7-14,17-18,23-24,30-31H,5-6,15-16H2,1-4H3. The van der Waals surface area contributed by atoms with Gasteiger partial charge in [-0.25, -0.2) is 0 Å². The number of phenols is 2. The van der Waals surface area contributed by atoms with Crippen LogP contribution in [0, 0.1) is 22.7 Å². The highest BCUT2D eigenvalue weighted by Crippen LogP contribution is 2.67. The highest BCUT2D eigenvalue weighted by Gasteiger charge is 2.74. The molecule has 0 spiro atoms. The van der Waals surface area contributed by atoms with Crippen LogP contribution in [0.25, 0.3) is 0 Å². The Balaban J connectivity index is 2.08. The summed E-state index contributed by atoms with van der Waals surface area (Å²) >= 11 is 0. The van der Waals surface area contributed by atoms with E-state index in [2.05, 4.69) is 0 Å². The summed E-state index contributed by atoms with van der Waals surface area (Å²) in [6.45, 7) is 7.42. The summed E-state index contributed by atoms with van der Waals surface area (Å²) in [6, 6.07) is 13.2. The number of benzene rings is 2. The average Bonchev–Trinajstić information content (AvgIpc) is 2.81. The lowest BCUT2D eigenvalue weighted by molar-refractivity contribution is -0.191. The molecule has 0 radical (unpaired) electrons. The zero-order chi connectivity index (χ0) is 26.3. The molecule has 0 heterocycles. The maximum atomic E-state index is 14.8. The van der Waals surface area contributed by atoms with E-state index in [0.29, 0.717) is 11.1 Å². The molecule has 2 bridgehead atoms. The lowest BCUT2D eigenvalue weighted by Crippen LogP contribution is -2.67. The Kier molecular flexibility index (Phi) is 6.86. The number of esters is 2. The number of hydrogen-bond acceptors (Lipinski definition) is 7. The Morgan fingerprint density at radius 3 is 1.61 bits per heavy atom. The molecule has 7 heteroatoms. The first kappa shape index (κ1) is 25.7. The summed E-state index contributed by atoms with van der Waals surface area (Å²) in [7, 11) is 0. The summed E-state index contributed by atoms with van der Waals surface area (Å²) in [5.41, 5.74) is -2.00. The first-order valence-corrected chi connectivity index (χ1v) is 12.6. The Labute approximate surface area is 211 Å². The van der Waals surface area contributed by atoms with Crippen molar-refractivity contribution < 1.29 is 34.1 Å². The van der Waals surface area contributed by atoms with Gasteiger partial charge in [-0.1, -0.05) is 38.1 Å².